The van der Waals surface area contributed by atoms with Crippen LogP contribution in [0.4, 0.5) is 10.6 Å². The van der Waals surface area contributed by atoms with Crippen molar-refractivity contribution < 1.29 is 9.53 Å². The molecule has 25 heavy (non-hydrogen) atoms. The van der Waals surface area contributed by atoms with Crippen LogP contribution in [0.2, 0.25) is 0 Å². The Hall–Kier alpha value is -2.31. The Balaban J connectivity index is 1.57. The molecule has 136 valence electrons. The summed E-state index contributed by atoms with van der Waals surface area (Å²) >= 11 is 0. The van der Waals surface area contributed by atoms with E-state index in [4.69, 9.17) is 4.74 Å². The highest BCUT2D eigenvalue weighted by Crippen LogP contribution is 2.29. The van der Waals surface area contributed by atoms with Gasteiger partial charge in [0.05, 0.1) is 5.39 Å². The van der Waals surface area contributed by atoms with E-state index in [0.29, 0.717) is 6.04 Å². The number of amides is 1. The SMILES string of the molecule is CN(c1ncnc2[nH]ccc12)C1CCC(NC(=O)OC(C)(C)C)CC1. The summed E-state index contributed by atoms with van der Waals surface area (Å²) in [6, 6.07) is 2.60. The van der Waals surface area contributed by atoms with Gasteiger partial charge in [-0.1, -0.05) is 0 Å². The molecule has 1 aliphatic rings. The molecule has 0 bridgehead atoms. The monoisotopic (exact) mass is 345 g/mol. The molecule has 1 saturated carbocycles. The molecule has 2 aromatic rings. The number of hydrogen-bond donors (Lipinski definition) is 2. The van der Waals surface area contributed by atoms with Crippen LogP contribution in [0.3, 0.4) is 0 Å². The van der Waals surface area contributed by atoms with Gasteiger partial charge in [-0.3, -0.25) is 0 Å². The number of carbonyl (C=O) groups is 1. The van der Waals surface area contributed by atoms with Crippen molar-refractivity contribution in [3.05, 3.63) is 18.6 Å². The first-order valence-electron chi connectivity index (χ1n) is 8.84. The summed E-state index contributed by atoms with van der Waals surface area (Å²) in [6.07, 6.45) is 7.05. The molecule has 0 spiro atoms. The normalized spacial score (nSPS) is 21.1. The summed E-state index contributed by atoms with van der Waals surface area (Å²) in [5.41, 5.74) is 0.397. The number of ether oxygens (including phenoxy) is 1. The lowest BCUT2D eigenvalue weighted by Gasteiger charge is -2.35. The van der Waals surface area contributed by atoms with Crippen LogP contribution in [0.5, 0.6) is 0 Å². The number of aromatic amines is 1. The van der Waals surface area contributed by atoms with Crippen molar-refractivity contribution in [2.45, 2.75) is 64.1 Å². The van der Waals surface area contributed by atoms with E-state index in [0.717, 1.165) is 42.5 Å². The quantitative estimate of drug-likeness (QED) is 0.892. The smallest absolute Gasteiger partial charge is 0.407 e. The van der Waals surface area contributed by atoms with Crippen LogP contribution in [0.25, 0.3) is 11.0 Å². The molecule has 2 heterocycles. The van der Waals surface area contributed by atoms with Crippen LogP contribution in [-0.2, 0) is 4.74 Å². The molecular weight excluding hydrogens is 318 g/mol. The summed E-state index contributed by atoms with van der Waals surface area (Å²) in [7, 11) is 2.08. The minimum atomic E-state index is -0.462. The maximum atomic E-state index is 11.9. The fourth-order valence-corrected chi connectivity index (χ4v) is 3.39. The van der Waals surface area contributed by atoms with Gasteiger partial charge < -0.3 is 19.9 Å². The summed E-state index contributed by atoms with van der Waals surface area (Å²) < 4.78 is 5.34. The molecule has 1 amide bonds. The maximum absolute atomic E-state index is 11.9. The number of hydrogen-bond acceptors (Lipinski definition) is 5. The van der Waals surface area contributed by atoms with E-state index < -0.39 is 5.60 Å². The van der Waals surface area contributed by atoms with E-state index in [-0.39, 0.29) is 12.1 Å². The lowest BCUT2D eigenvalue weighted by atomic mass is 9.90. The molecule has 0 unspecified atom stereocenters. The average molecular weight is 345 g/mol. The Morgan fingerprint density at radius 3 is 2.68 bits per heavy atom. The molecule has 0 saturated heterocycles. The van der Waals surface area contributed by atoms with E-state index >= 15 is 0 Å². The van der Waals surface area contributed by atoms with E-state index in [2.05, 4.69) is 32.2 Å². The van der Waals surface area contributed by atoms with Crippen molar-refractivity contribution in [3.8, 4) is 0 Å². The van der Waals surface area contributed by atoms with Gasteiger partial charge in [-0.15, -0.1) is 0 Å². The van der Waals surface area contributed by atoms with Gasteiger partial charge in [0.2, 0.25) is 0 Å². The van der Waals surface area contributed by atoms with Crippen molar-refractivity contribution in [1.29, 1.82) is 0 Å². The third-order valence-electron chi connectivity index (χ3n) is 4.63. The number of rotatable bonds is 3. The first kappa shape index (κ1) is 17.5. The number of aromatic nitrogens is 3. The Labute approximate surface area is 148 Å². The standard InChI is InChI=1S/C18H27N5O2/c1-18(2,3)25-17(24)22-12-5-7-13(8-6-12)23(4)16-14-9-10-19-15(14)20-11-21-16/h9-13H,5-8H2,1-4H3,(H,22,24)(H,19,20,21). The number of nitrogens with one attached hydrogen (secondary N) is 2. The number of H-pyrrole nitrogens is 1. The fraction of sp³-hybridized carbons (Fsp3) is 0.611. The fourth-order valence-electron chi connectivity index (χ4n) is 3.39. The summed E-state index contributed by atoms with van der Waals surface area (Å²) in [6.45, 7) is 5.63. The molecule has 0 aromatic carbocycles. The van der Waals surface area contributed by atoms with Crippen LogP contribution in [0, 0.1) is 0 Å². The van der Waals surface area contributed by atoms with E-state index in [1.807, 2.05) is 33.0 Å². The van der Waals surface area contributed by atoms with E-state index in [1.165, 1.54) is 0 Å². The molecule has 0 aliphatic heterocycles. The zero-order valence-electron chi connectivity index (χ0n) is 15.4. The highest BCUT2D eigenvalue weighted by atomic mass is 16.6. The Morgan fingerprint density at radius 2 is 2.00 bits per heavy atom. The van der Waals surface area contributed by atoms with Crippen LogP contribution in [0.15, 0.2) is 18.6 Å². The van der Waals surface area contributed by atoms with Crippen molar-refractivity contribution in [1.82, 2.24) is 20.3 Å². The molecule has 1 fully saturated rings. The zero-order valence-corrected chi connectivity index (χ0v) is 15.4. The zero-order chi connectivity index (χ0) is 18.0. The summed E-state index contributed by atoms with van der Waals surface area (Å²) in [5, 5.41) is 4.03. The summed E-state index contributed by atoms with van der Waals surface area (Å²) in [5.74, 6) is 0.954. The van der Waals surface area contributed by atoms with E-state index in [9.17, 15) is 4.79 Å². The van der Waals surface area contributed by atoms with Gasteiger partial charge in [0.25, 0.3) is 0 Å². The average Bonchev–Trinajstić information content (AvgIpc) is 3.01. The predicted molar refractivity (Wildman–Crippen MR) is 97.7 cm³/mol. The van der Waals surface area contributed by atoms with Gasteiger partial charge >= 0.3 is 6.09 Å². The number of anilines is 1. The molecule has 2 aromatic heterocycles. The number of nitrogens with zero attached hydrogens (tertiary/aromatic N) is 3. The van der Waals surface area contributed by atoms with E-state index in [1.54, 1.807) is 6.33 Å². The topological polar surface area (TPSA) is 83.1 Å². The maximum Gasteiger partial charge on any atom is 0.407 e. The molecule has 1 aliphatic carbocycles. The Bertz CT molecular complexity index is 728. The number of carbonyl (C=O) groups excluding carboxylic acids is 1. The van der Waals surface area contributed by atoms with Crippen molar-refractivity contribution >= 4 is 22.9 Å². The molecule has 2 N–H and O–H groups in total. The van der Waals surface area contributed by atoms with Crippen molar-refractivity contribution in [2.24, 2.45) is 0 Å². The van der Waals surface area contributed by atoms with Crippen molar-refractivity contribution in [3.63, 3.8) is 0 Å². The predicted octanol–water partition coefficient (Wildman–Crippen LogP) is 3.23. The molecule has 7 heteroatoms. The lowest BCUT2D eigenvalue weighted by molar-refractivity contribution is 0.0491. The second-order valence-electron chi connectivity index (χ2n) is 7.70. The van der Waals surface area contributed by atoms with Crippen LogP contribution in [0.1, 0.15) is 46.5 Å². The molecule has 3 rings (SSSR count). The van der Waals surface area contributed by atoms with Crippen LogP contribution < -0.4 is 10.2 Å². The van der Waals surface area contributed by atoms with Gasteiger partial charge in [-0.2, -0.15) is 0 Å². The highest BCUT2D eigenvalue weighted by molar-refractivity contribution is 5.87. The second kappa shape index (κ2) is 6.90. The molecular formula is C18H27N5O2. The minimum absolute atomic E-state index is 0.178. The summed E-state index contributed by atoms with van der Waals surface area (Å²) in [4.78, 5) is 26.0. The third kappa shape index (κ3) is 4.21. The van der Waals surface area contributed by atoms with Gasteiger partial charge in [0.15, 0.2) is 0 Å². The number of alkyl carbamates (subject to hydrolysis) is 1. The first-order chi connectivity index (χ1) is 11.8. The van der Waals surface area contributed by atoms with Crippen LogP contribution >= 0.6 is 0 Å². The highest BCUT2D eigenvalue weighted by Gasteiger charge is 2.27. The van der Waals surface area contributed by atoms with Gasteiger partial charge in [0, 0.05) is 25.3 Å². The van der Waals surface area contributed by atoms with Crippen LogP contribution in [-0.4, -0.2) is 45.8 Å². The Kier molecular flexibility index (Phi) is 4.83. The molecule has 0 radical (unpaired) electrons. The number of fused-ring (bicyclic) bond motifs is 1. The Morgan fingerprint density at radius 1 is 1.28 bits per heavy atom. The van der Waals surface area contributed by atoms with Gasteiger partial charge in [0.1, 0.15) is 23.4 Å². The molecule has 7 nitrogen and oxygen atoms in total. The molecule has 0 atom stereocenters. The largest absolute Gasteiger partial charge is 0.444 e. The van der Waals surface area contributed by atoms with Gasteiger partial charge in [-0.25, -0.2) is 14.8 Å². The van der Waals surface area contributed by atoms with Gasteiger partial charge in [-0.05, 0) is 52.5 Å². The van der Waals surface area contributed by atoms with Crippen molar-refractivity contribution in [2.75, 3.05) is 11.9 Å². The minimum Gasteiger partial charge on any atom is -0.444 e. The lowest BCUT2D eigenvalue weighted by Crippen LogP contribution is -2.44. The second-order valence-corrected chi connectivity index (χ2v) is 7.70. The third-order valence-corrected chi connectivity index (χ3v) is 4.63. The first-order valence-corrected chi connectivity index (χ1v) is 8.84.